The van der Waals surface area contributed by atoms with Crippen LogP contribution in [0.1, 0.15) is 19.3 Å². The van der Waals surface area contributed by atoms with Gasteiger partial charge in [0.25, 0.3) is 0 Å². The van der Waals surface area contributed by atoms with Crippen LogP contribution in [0.3, 0.4) is 0 Å². The molecule has 0 unspecified atom stereocenters. The van der Waals surface area contributed by atoms with E-state index in [0.29, 0.717) is 12.5 Å². The summed E-state index contributed by atoms with van der Waals surface area (Å²) in [5.41, 5.74) is 6.60. The van der Waals surface area contributed by atoms with E-state index in [1.807, 2.05) is 42.1 Å². The van der Waals surface area contributed by atoms with Crippen molar-refractivity contribution >= 4 is 23.4 Å². The van der Waals surface area contributed by atoms with Gasteiger partial charge in [0.1, 0.15) is 0 Å². The van der Waals surface area contributed by atoms with Gasteiger partial charge in [-0.1, -0.05) is 18.2 Å². The first kappa shape index (κ1) is 16.1. The van der Waals surface area contributed by atoms with E-state index in [1.54, 1.807) is 18.0 Å². The molecule has 1 saturated carbocycles. The quantitative estimate of drug-likeness (QED) is 0.884. The van der Waals surface area contributed by atoms with Gasteiger partial charge in [-0.15, -0.1) is 0 Å². The number of amides is 1. The van der Waals surface area contributed by atoms with E-state index in [4.69, 9.17) is 5.73 Å². The highest BCUT2D eigenvalue weighted by atomic mass is 32.2. The van der Waals surface area contributed by atoms with Crippen LogP contribution in [0, 0.1) is 11.8 Å². The van der Waals surface area contributed by atoms with Crippen molar-refractivity contribution in [3.05, 3.63) is 36.7 Å². The maximum atomic E-state index is 12.4. The third-order valence-corrected chi connectivity index (χ3v) is 5.49. The fourth-order valence-electron chi connectivity index (χ4n) is 3.06. The number of hydrogen-bond acceptors (Lipinski definition) is 4. The number of hydrogen-bond donors (Lipinski definition) is 2. The molecule has 122 valence electrons. The standard InChI is InChI=1S/C17H22N4OS/c1-21-10-9-19-17(21)23-14-7-5-13(6-8-14)20-16(22)15-4-2-3-12(15)11-18/h5-10,12,15H,2-4,11,18H2,1H3,(H,20,22)/t12-,15-/m1/s1. The molecule has 5 nitrogen and oxygen atoms in total. The molecule has 0 aliphatic heterocycles. The molecular formula is C17H22N4OS. The number of aryl methyl sites for hydroxylation is 1. The topological polar surface area (TPSA) is 72.9 Å². The van der Waals surface area contributed by atoms with Crippen LogP contribution in [0.5, 0.6) is 0 Å². The number of aromatic nitrogens is 2. The van der Waals surface area contributed by atoms with E-state index in [9.17, 15) is 4.79 Å². The third kappa shape index (κ3) is 3.76. The Morgan fingerprint density at radius 1 is 1.39 bits per heavy atom. The predicted octanol–water partition coefficient (Wildman–Crippen LogP) is 2.88. The van der Waals surface area contributed by atoms with Crippen molar-refractivity contribution < 1.29 is 4.79 Å². The largest absolute Gasteiger partial charge is 0.330 e. The molecule has 2 aromatic rings. The smallest absolute Gasteiger partial charge is 0.227 e. The van der Waals surface area contributed by atoms with Gasteiger partial charge in [0.2, 0.25) is 5.91 Å². The van der Waals surface area contributed by atoms with Gasteiger partial charge < -0.3 is 15.6 Å². The Morgan fingerprint density at radius 3 is 2.83 bits per heavy atom. The normalized spacial score (nSPS) is 20.6. The molecule has 6 heteroatoms. The highest BCUT2D eigenvalue weighted by molar-refractivity contribution is 7.99. The number of rotatable bonds is 5. The van der Waals surface area contributed by atoms with Gasteiger partial charge in [-0.05, 0) is 49.6 Å². The molecule has 1 aromatic heterocycles. The SMILES string of the molecule is Cn1ccnc1Sc1ccc(NC(=O)[C@@H]2CCC[C@@H]2CN)cc1. The molecule has 1 aliphatic carbocycles. The number of nitrogens with two attached hydrogens (primary N) is 1. The fraction of sp³-hybridized carbons (Fsp3) is 0.412. The number of carbonyl (C=O) groups is 1. The Labute approximate surface area is 140 Å². The van der Waals surface area contributed by atoms with Gasteiger partial charge >= 0.3 is 0 Å². The Kier molecular flexibility index (Phi) is 5.03. The van der Waals surface area contributed by atoms with Crippen LogP contribution in [0.25, 0.3) is 0 Å². The van der Waals surface area contributed by atoms with Crippen LogP contribution in [-0.4, -0.2) is 22.0 Å². The Hall–Kier alpha value is -1.79. The zero-order valence-corrected chi connectivity index (χ0v) is 14.1. The minimum Gasteiger partial charge on any atom is -0.330 e. The van der Waals surface area contributed by atoms with Gasteiger partial charge in [-0.25, -0.2) is 4.98 Å². The third-order valence-electron chi connectivity index (χ3n) is 4.41. The number of anilines is 1. The van der Waals surface area contributed by atoms with E-state index in [-0.39, 0.29) is 11.8 Å². The molecule has 1 aliphatic rings. The minimum atomic E-state index is 0.0571. The van der Waals surface area contributed by atoms with Crippen molar-refractivity contribution in [2.75, 3.05) is 11.9 Å². The first-order chi connectivity index (χ1) is 11.2. The Bertz CT molecular complexity index is 667. The van der Waals surface area contributed by atoms with E-state index >= 15 is 0 Å². The van der Waals surface area contributed by atoms with Crippen molar-refractivity contribution in [3.8, 4) is 0 Å². The molecule has 3 N–H and O–H groups in total. The lowest BCUT2D eigenvalue weighted by atomic mass is 9.95. The number of nitrogens with one attached hydrogen (secondary N) is 1. The second kappa shape index (κ2) is 7.19. The maximum absolute atomic E-state index is 12.4. The highest BCUT2D eigenvalue weighted by Gasteiger charge is 2.31. The highest BCUT2D eigenvalue weighted by Crippen LogP contribution is 2.32. The molecule has 3 rings (SSSR count). The van der Waals surface area contributed by atoms with Crippen LogP contribution in [0.4, 0.5) is 5.69 Å². The molecule has 0 spiro atoms. The number of benzene rings is 1. The lowest BCUT2D eigenvalue weighted by Gasteiger charge is -2.17. The fourth-order valence-corrected chi connectivity index (χ4v) is 3.86. The van der Waals surface area contributed by atoms with Crippen molar-refractivity contribution in [3.63, 3.8) is 0 Å². The summed E-state index contributed by atoms with van der Waals surface area (Å²) in [5, 5.41) is 3.96. The lowest BCUT2D eigenvalue weighted by Crippen LogP contribution is -2.29. The van der Waals surface area contributed by atoms with Crippen LogP contribution in [0.2, 0.25) is 0 Å². The zero-order valence-electron chi connectivity index (χ0n) is 13.2. The summed E-state index contributed by atoms with van der Waals surface area (Å²) in [5.74, 6) is 0.484. The van der Waals surface area contributed by atoms with E-state index in [1.165, 1.54) is 0 Å². The molecule has 0 saturated heterocycles. The Balaban J connectivity index is 1.61. The van der Waals surface area contributed by atoms with Crippen molar-refractivity contribution in [1.82, 2.24) is 9.55 Å². The molecule has 1 heterocycles. The summed E-state index contributed by atoms with van der Waals surface area (Å²) in [4.78, 5) is 17.8. The van der Waals surface area contributed by atoms with E-state index in [0.717, 1.165) is 35.0 Å². The summed E-state index contributed by atoms with van der Waals surface area (Å²) >= 11 is 1.60. The lowest BCUT2D eigenvalue weighted by molar-refractivity contribution is -0.120. The molecule has 0 radical (unpaired) electrons. The van der Waals surface area contributed by atoms with Crippen molar-refractivity contribution in [2.24, 2.45) is 24.6 Å². The Morgan fingerprint density at radius 2 is 2.17 bits per heavy atom. The first-order valence-corrected chi connectivity index (χ1v) is 8.75. The van der Waals surface area contributed by atoms with Crippen LogP contribution >= 0.6 is 11.8 Å². The van der Waals surface area contributed by atoms with Gasteiger partial charge in [0, 0.05) is 35.9 Å². The van der Waals surface area contributed by atoms with E-state index < -0.39 is 0 Å². The van der Waals surface area contributed by atoms with Gasteiger partial charge in [-0.3, -0.25) is 4.79 Å². The van der Waals surface area contributed by atoms with E-state index in [2.05, 4.69) is 10.3 Å². The summed E-state index contributed by atoms with van der Waals surface area (Å²) in [7, 11) is 1.97. The molecule has 1 fully saturated rings. The molecular weight excluding hydrogens is 308 g/mol. The minimum absolute atomic E-state index is 0.0571. The van der Waals surface area contributed by atoms with Crippen LogP contribution < -0.4 is 11.1 Å². The molecule has 2 atom stereocenters. The number of carbonyl (C=O) groups excluding carboxylic acids is 1. The summed E-state index contributed by atoms with van der Waals surface area (Å²) in [6.45, 7) is 0.595. The van der Waals surface area contributed by atoms with Crippen molar-refractivity contribution in [1.29, 1.82) is 0 Å². The number of imidazole rings is 1. The summed E-state index contributed by atoms with van der Waals surface area (Å²) < 4.78 is 1.98. The zero-order chi connectivity index (χ0) is 16.2. The van der Waals surface area contributed by atoms with Crippen molar-refractivity contribution in [2.45, 2.75) is 29.3 Å². The summed E-state index contributed by atoms with van der Waals surface area (Å²) in [6.07, 6.45) is 6.81. The second-order valence-electron chi connectivity index (χ2n) is 5.97. The molecule has 1 amide bonds. The van der Waals surface area contributed by atoms with Gasteiger partial charge in [0.05, 0.1) is 0 Å². The molecule has 23 heavy (non-hydrogen) atoms. The average Bonchev–Trinajstić information content (AvgIpc) is 3.18. The van der Waals surface area contributed by atoms with Gasteiger partial charge in [-0.2, -0.15) is 0 Å². The monoisotopic (exact) mass is 330 g/mol. The van der Waals surface area contributed by atoms with Gasteiger partial charge in [0.15, 0.2) is 5.16 Å². The predicted molar refractivity (Wildman–Crippen MR) is 92.3 cm³/mol. The maximum Gasteiger partial charge on any atom is 0.227 e. The van der Waals surface area contributed by atoms with Crippen LogP contribution in [0.15, 0.2) is 46.7 Å². The number of nitrogens with zero attached hydrogens (tertiary/aromatic N) is 2. The van der Waals surface area contributed by atoms with Crippen LogP contribution in [-0.2, 0) is 11.8 Å². The molecule has 0 bridgehead atoms. The summed E-state index contributed by atoms with van der Waals surface area (Å²) in [6, 6.07) is 7.89. The second-order valence-corrected chi connectivity index (χ2v) is 7.01. The molecule has 1 aromatic carbocycles. The first-order valence-electron chi connectivity index (χ1n) is 7.93. The average molecular weight is 330 g/mol.